The SMILES string of the molecule is COc1ccccc1[C@H]1C(C(=O)OC(C)C)=C(C(F)(F)F)N=C2SC=C(CC(=O)NCC3CC3)N21. The van der Waals surface area contributed by atoms with E-state index in [0.29, 0.717) is 29.5 Å². The highest BCUT2D eigenvalue weighted by Crippen LogP contribution is 2.49. The van der Waals surface area contributed by atoms with Crippen molar-refractivity contribution in [3.63, 3.8) is 0 Å². The van der Waals surface area contributed by atoms with E-state index in [1.807, 2.05) is 0 Å². The third-order valence-corrected chi connectivity index (χ3v) is 6.59. The molecule has 1 aromatic carbocycles. The van der Waals surface area contributed by atoms with Gasteiger partial charge in [0.05, 0.1) is 31.2 Å². The number of aliphatic imine (C=N–C) groups is 1. The Bertz CT molecular complexity index is 1110. The number of para-hydroxylation sites is 1. The molecular formula is C24H26F3N3O4S. The molecule has 7 nitrogen and oxygen atoms in total. The van der Waals surface area contributed by atoms with Gasteiger partial charge in [-0.3, -0.25) is 4.79 Å². The van der Waals surface area contributed by atoms with Crippen molar-refractivity contribution in [3.05, 3.63) is 52.2 Å². The van der Waals surface area contributed by atoms with Crippen molar-refractivity contribution >= 4 is 28.8 Å². The molecule has 1 atom stereocenters. The average Bonchev–Trinajstić information content (AvgIpc) is 3.55. The van der Waals surface area contributed by atoms with Gasteiger partial charge in [0.15, 0.2) is 10.9 Å². The predicted molar refractivity (Wildman–Crippen MR) is 125 cm³/mol. The van der Waals surface area contributed by atoms with Gasteiger partial charge in [0, 0.05) is 17.8 Å². The molecule has 35 heavy (non-hydrogen) atoms. The number of fused-ring (bicyclic) bond motifs is 1. The van der Waals surface area contributed by atoms with Crippen LogP contribution in [0.25, 0.3) is 0 Å². The second-order valence-corrected chi connectivity index (χ2v) is 9.61. The van der Waals surface area contributed by atoms with E-state index in [9.17, 15) is 22.8 Å². The zero-order chi connectivity index (χ0) is 25.3. The number of ether oxygens (including phenoxy) is 2. The summed E-state index contributed by atoms with van der Waals surface area (Å²) >= 11 is 0.979. The summed E-state index contributed by atoms with van der Waals surface area (Å²) in [5.41, 5.74) is -1.20. The first-order valence-electron chi connectivity index (χ1n) is 11.3. The lowest BCUT2D eigenvalue weighted by atomic mass is 9.92. The fourth-order valence-corrected chi connectivity index (χ4v) is 4.87. The molecule has 1 aliphatic carbocycles. The lowest BCUT2D eigenvalue weighted by molar-refractivity contribution is -0.145. The molecule has 0 saturated heterocycles. The number of amidine groups is 1. The van der Waals surface area contributed by atoms with Crippen LogP contribution in [0.5, 0.6) is 5.75 Å². The summed E-state index contributed by atoms with van der Waals surface area (Å²) in [6.45, 7) is 3.69. The van der Waals surface area contributed by atoms with Gasteiger partial charge in [0.2, 0.25) is 5.91 Å². The van der Waals surface area contributed by atoms with Crippen LogP contribution in [-0.2, 0) is 14.3 Å². The first-order valence-corrected chi connectivity index (χ1v) is 12.1. The maximum absolute atomic E-state index is 14.2. The first-order chi connectivity index (χ1) is 16.6. The van der Waals surface area contributed by atoms with Crippen LogP contribution in [0, 0.1) is 5.92 Å². The molecule has 1 saturated carbocycles. The molecule has 2 aliphatic heterocycles. The second-order valence-electron chi connectivity index (χ2n) is 8.77. The van der Waals surface area contributed by atoms with Crippen LogP contribution in [0.1, 0.15) is 44.7 Å². The van der Waals surface area contributed by atoms with Gasteiger partial charge in [-0.15, -0.1) is 0 Å². The van der Waals surface area contributed by atoms with Crippen molar-refractivity contribution in [1.29, 1.82) is 0 Å². The highest BCUT2D eigenvalue weighted by atomic mass is 32.2. The zero-order valence-electron chi connectivity index (χ0n) is 19.5. The van der Waals surface area contributed by atoms with Gasteiger partial charge in [-0.05, 0) is 44.1 Å². The Labute approximate surface area is 205 Å². The molecule has 0 unspecified atom stereocenters. The number of carbonyl (C=O) groups excluding carboxylic acids is 2. The number of thioether (sulfide) groups is 1. The molecule has 1 fully saturated rings. The minimum Gasteiger partial charge on any atom is -0.496 e. The number of hydrogen-bond acceptors (Lipinski definition) is 7. The molecule has 0 radical (unpaired) electrons. The number of alkyl halides is 3. The first kappa shape index (κ1) is 25.2. The molecule has 0 bridgehead atoms. The number of benzene rings is 1. The van der Waals surface area contributed by atoms with Gasteiger partial charge in [-0.1, -0.05) is 30.0 Å². The number of rotatable bonds is 8. The highest BCUT2D eigenvalue weighted by Gasteiger charge is 2.50. The molecule has 2 heterocycles. The van der Waals surface area contributed by atoms with E-state index < -0.39 is 35.6 Å². The highest BCUT2D eigenvalue weighted by molar-refractivity contribution is 8.16. The molecule has 188 valence electrons. The lowest BCUT2D eigenvalue weighted by Gasteiger charge is -2.37. The number of carbonyl (C=O) groups is 2. The summed E-state index contributed by atoms with van der Waals surface area (Å²) in [6.07, 6.45) is -3.48. The molecular weight excluding hydrogens is 483 g/mol. The molecule has 1 N–H and O–H groups in total. The summed E-state index contributed by atoms with van der Waals surface area (Å²) in [5.74, 6) is -0.597. The van der Waals surface area contributed by atoms with Crippen LogP contribution >= 0.6 is 11.8 Å². The minimum absolute atomic E-state index is 0.0271. The molecule has 0 aromatic heterocycles. The van der Waals surface area contributed by atoms with Crippen molar-refractivity contribution < 1.29 is 32.2 Å². The van der Waals surface area contributed by atoms with Crippen molar-refractivity contribution in [2.24, 2.45) is 10.9 Å². The molecule has 3 aliphatic rings. The van der Waals surface area contributed by atoms with Gasteiger partial charge in [0.25, 0.3) is 0 Å². The second kappa shape index (κ2) is 9.96. The Kier molecular flexibility index (Phi) is 7.16. The van der Waals surface area contributed by atoms with E-state index in [0.717, 1.165) is 24.6 Å². The van der Waals surface area contributed by atoms with Gasteiger partial charge in [-0.25, -0.2) is 9.79 Å². The summed E-state index contributed by atoms with van der Waals surface area (Å²) in [4.78, 5) is 31.1. The van der Waals surface area contributed by atoms with Gasteiger partial charge >= 0.3 is 12.1 Å². The molecule has 1 aromatic rings. The lowest BCUT2D eigenvalue weighted by Crippen LogP contribution is -2.40. The number of halogens is 3. The van der Waals surface area contributed by atoms with Crippen molar-refractivity contribution in [2.45, 2.75) is 51.4 Å². The normalized spacial score (nSPS) is 19.9. The fourth-order valence-electron chi connectivity index (χ4n) is 3.95. The van der Waals surface area contributed by atoms with Crippen molar-refractivity contribution in [1.82, 2.24) is 10.2 Å². The topological polar surface area (TPSA) is 80.2 Å². The molecule has 11 heteroatoms. The van der Waals surface area contributed by atoms with Crippen molar-refractivity contribution in [2.75, 3.05) is 13.7 Å². The van der Waals surface area contributed by atoms with E-state index in [4.69, 9.17) is 9.47 Å². The van der Waals surface area contributed by atoms with Gasteiger partial charge in [-0.2, -0.15) is 13.2 Å². The van der Waals surface area contributed by atoms with Gasteiger partial charge in [0.1, 0.15) is 5.75 Å². The Morgan fingerprint density at radius 2 is 1.97 bits per heavy atom. The summed E-state index contributed by atoms with van der Waals surface area (Å²) < 4.78 is 53.3. The zero-order valence-corrected chi connectivity index (χ0v) is 20.3. The average molecular weight is 510 g/mol. The number of methoxy groups -OCH3 is 1. The Morgan fingerprint density at radius 3 is 2.60 bits per heavy atom. The Hall–Kier alpha value is -2.95. The number of hydrogen-bond donors (Lipinski definition) is 1. The largest absolute Gasteiger partial charge is 0.496 e. The molecule has 4 rings (SSSR count). The van der Waals surface area contributed by atoms with E-state index in [2.05, 4.69) is 10.3 Å². The van der Waals surface area contributed by atoms with Crippen molar-refractivity contribution in [3.8, 4) is 5.75 Å². The van der Waals surface area contributed by atoms with Gasteiger partial charge < -0.3 is 19.7 Å². The minimum atomic E-state index is -4.91. The van der Waals surface area contributed by atoms with Crippen LogP contribution in [-0.4, -0.2) is 47.9 Å². The van der Waals surface area contributed by atoms with E-state index in [1.165, 1.54) is 12.0 Å². The molecule has 0 spiro atoms. The summed E-state index contributed by atoms with van der Waals surface area (Å²) in [5, 5.41) is 4.50. The van der Waals surface area contributed by atoms with Crippen LogP contribution in [0.4, 0.5) is 13.2 Å². The third-order valence-electron chi connectivity index (χ3n) is 5.70. The quantitative estimate of drug-likeness (QED) is 0.513. The van der Waals surface area contributed by atoms with Crippen LogP contribution in [0.2, 0.25) is 0 Å². The van der Waals surface area contributed by atoms with Crippen LogP contribution in [0.3, 0.4) is 0 Å². The fraction of sp³-hybridized carbons (Fsp3) is 0.458. The smallest absolute Gasteiger partial charge is 0.434 e. The van der Waals surface area contributed by atoms with Crippen LogP contribution in [0.15, 0.2) is 51.6 Å². The number of nitrogens with zero attached hydrogens (tertiary/aromatic N) is 2. The maximum Gasteiger partial charge on any atom is 0.434 e. The third kappa shape index (κ3) is 5.50. The van der Waals surface area contributed by atoms with E-state index >= 15 is 0 Å². The van der Waals surface area contributed by atoms with E-state index in [-0.39, 0.29) is 17.5 Å². The Balaban J connectivity index is 1.80. The maximum atomic E-state index is 14.2. The number of esters is 1. The number of nitrogens with one attached hydrogen (secondary N) is 1. The standard InChI is InChI=1S/C24H26F3N3O4S/c1-13(2)34-22(32)19-20(16-6-4-5-7-17(16)33-3)30-15(10-18(31)28-11-14-8-9-14)12-35-23(30)29-21(19)24(25,26)27/h4-7,12-14,20H,8-11H2,1-3H3,(H,28,31)/t20-/m0/s1. The van der Waals surface area contributed by atoms with E-state index in [1.54, 1.807) is 43.5 Å². The number of allylic oxidation sites excluding steroid dienone is 1. The van der Waals surface area contributed by atoms with Crippen LogP contribution < -0.4 is 10.1 Å². The number of amides is 1. The summed E-state index contributed by atoms with van der Waals surface area (Å²) in [7, 11) is 1.40. The molecule has 1 amide bonds. The Morgan fingerprint density at radius 1 is 1.26 bits per heavy atom. The monoisotopic (exact) mass is 509 g/mol. The summed E-state index contributed by atoms with van der Waals surface area (Å²) in [6, 6.07) is 5.28. The predicted octanol–water partition coefficient (Wildman–Crippen LogP) is 4.68.